The summed E-state index contributed by atoms with van der Waals surface area (Å²) in [7, 11) is 0. The zero-order chi connectivity index (χ0) is 31.9. The molecule has 4 aromatic rings. The van der Waals surface area contributed by atoms with Gasteiger partial charge in [0.05, 0.1) is 22.2 Å². The Kier molecular flexibility index (Phi) is 8.28. The Morgan fingerprint density at radius 1 is 0.778 bits per heavy atom. The molecule has 2 aliphatic rings. The lowest BCUT2D eigenvalue weighted by Crippen LogP contribution is -2.54. The van der Waals surface area contributed by atoms with Crippen molar-refractivity contribution in [1.82, 2.24) is 19.4 Å². The van der Waals surface area contributed by atoms with Crippen molar-refractivity contribution in [3.05, 3.63) is 106 Å². The molecule has 2 unspecified atom stereocenters. The molecule has 2 fully saturated rings. The molecule has 2 aliphatic heterocycles. The number of para-hydroxylation sites is 2. The number of carbonyl (C=O) groups excluding carboxylic acids is 1. The second kappa shape index (κ2) is 12.0. The van der Waals surface area contributed by atoms with E-state index in [-0.39, 0.29) is 30.4 Å². The minimum absolute atomic E-state index is 0.0235. The number of piperidine rings is 2. The van der Waals surface area contributed by atoms with E-state index in [9.17, 15) is 35.9 Å². The van der Waals surface area contributed by atoms with Crippen LogP contribution < -0.4 is 5.69 Å². The molecule has 3 heterocycles. The maximum absolute atomic E-state index is 13.7. The van der Waals surface area contributed by atoms with Crippen molar-refractivity contribution in [3.8, 4) is 0 Å². The largest absolute Gasteiger partial charge is 0.416 e. The van der Waals surface area contributed by atoms with Crippen LogP contribution in [0.3, 0.4) is 0 Å². The van der Waals surface area contributed by atoms with E-state index in [1.54, 1.807) is 0 Å². The summed E-state index contributed by atoms with van der Waals surface area (Å²) in [6.45, 7) is 1.63. The van der Waals surface area contributed by atoms with Gasteiger partial charge in [-0.2, -0.15) is 26.3 Å². The summed E-state index contributed by atoms with van der Waals surface area (Å²) < 4.78 is 83.2. The molecule has 2 saturated heterocycles. The van der Waals surface area contributed by atoms with Gasteiger partial charge in [-0.3, -0.25) is 9.36 Å². The summed E-state index contributed by atoms with van der Waals surface area (Å²) in [5, 5.41) is 0. The molecule has 0 radical (unpaired) electrons. The SMILES string of the molecule is O=C(c1cc(C(F)(F)F)cc(C(F)(F)F)c1)N1CCC(N2CCC(n3c(=O)[nH]c4ccccc43)CC2)CC1Cc1ccccc1. The van der Waals surface area contributed by atoms with Crippen LogP contribution in [0.2, 0.25) is 0 Å². The Morgan fingerprint density at radius 3 is 2.02 bits per heavy atom. The third kappa shape index (κ3) is 6.51. The van der Waals surface area contributed by atoms with Crippen molar-refractivity contribution in [1.29, 1.82) is 0 Å². The lowest BCUT2D eigenvalue weighted by molar-refractivity contribution is -0.143. The molecule has 1 N–H and O–H groups in total. The maximum Gasteiger partial charge on any atom is 0.416 e. The second-order valence-corrected chi connectivity index (χ2v) is 11.9. The van der Waals surface area contributed by atoms with Crippen LogP contribution in [0.15, 0.2) is 77.6 Å². The number of benzene rings is 3. The van der Waals surface area contributed by atoms with Crippen molar-refractivity contribution in [3.63, 3.8) is 0 Å². The Balaban J connectivity index is 1.22. The van der Waals surface area contributed by atoms with Gasteiger partial charge in [0, 0.05) is 43.3 Å². The van der Waals surface area contributed by atoms with Crippen LogP contribution in [0, 0.1) is 0 Å². The van der Waals surface area contributed by atoms with Crippen molar-refractivity contribution >= 4 is 16.9 Å². The maximum atomic E-state index is 13.7. The Bertz CT molecular complexity index is 1690. The normalized spacial score (nSPS) is 20.5. The molecule has 0 saturated carbocycles. The number of amides is 1. The summed E-state index contributed by atoms with van der Waals surface area (Å²) in [5.41, 5.74) is -1.22. The van der Waals surface area contributed by atoms with Crippen LogP contribution in [-0.2, 0) is 18.8 Å². The molecule has 45 heavy (non-hydrogen) atoms. The Hall–Kier alpha value is -4.06. The molecule has 6 nitrogen and oxygen atoms in total. The average molecular weight is 631 g/mol. The van der Waals surface area contributed by atoms with Crippen molar-refractivity contribution in [2.24, 2.45) is 0 Å². The highest BCUT2D eigenvalue weighted by molar-refractivity contribution is 5.95. The number of rotatable bonds is 5. The summed E-state index contributed by atoms with van der Waals surface area (Å²) in [4.78, 5) is 33.1. The number of fused-ring (bicyclic) bond motifs is 1. The number of imidazole rings is 1. The van der Waals surface area contributed by atoms with Crippen LogP contribution in [-0.4, -0.2) is 57.0 Å². The van der Waals surface area contributed by atoms with E-state index in [1.807, 2.05) is 59.2 Å². The van der Waals surface area contributed by atoms with Crippen LogP contribution in [0.5, 0.6) is 0 Å². The minimum atomic E-state index is -5.04. The third-order valence-electron chi connectivity index (χ3n) is 9.10. The molecule has 238 valence electrons. The van der Waals surface area contributed by atoms with Gasteiger partial charge < -0.3 is 14.8 Å². The van der Waals surface area contributed by atoms with Crippen molar-refractivity contribution < 1.29 is 31.1 Å². The molecular formula is C33H32F6N4O2. The zero-order valence-electron chi connectivity index (χ0n) is 24.2. The van der Waals surface area contributed by atoms with Gasteiger partial charge >= 0.3 is 18.0 Å². The number of alkyl halides is 6. The van der Waals surface area contributed by atoms with E-state index in [2.05, 4.69) is 9.88 Å². The molecule has 3 aromatic carbocycles. The standard InChI is InChI=1S/C33H32F6N4O2/c34-32(35,36)23-17-22(18-24(19-23)33(37,38)39)30(44)42-15-12-26(20-27(42)16-21-6-2-1-3-7-21)41-13-10-25(11-14-41)43-29-9-5-4-8-28(29)40-31(43)45/h1-9,17-19,25-27H,10-16,20H2,(H,40,45). The number of aromatic amines is 1. The molecule has 12 heteroatoms. The molecule has 0 bridgehead atoms. The molecule has 1 aromatic heterocycles. The molecule has 0 aliphatic carbocycles. The fourth-order valence-electron chi connectivity index (χ4n) is 6.90. The van der Waals surface area contributed by atoms with Gasteiger partial charge in [-0.25, -0.2) is 4.79 Å². The first-order chi connectivity index (χ1) is 21.4. The fourth-order valence-corrected chi connectivity index (χ4v) is 6.90. The highest BCUT2D eigenvalue weighted by Gasteiger charge is 2.40. The summed E-state index contributed by atoms with van der Waals surface area (Å²) in [5.74, 6) is -0.844. The zero-order valence-corrected chi connectivity index (χ0v) is 24.2. The molecule has 0 spiro atoms. The van der Waals surface area contributed by atoms with Crippen LogP contribution in [0.1, 0.15) is 58.8 Å². The summed E-state index contributed by atoms with van der Waals surface area (Å²) in [6.07, 6.45) is -7.14. The van der Waals surface area contributed by atoms with Gasteiger partial charge in [-0.15, -0.1) is 0 Å². The van der Waals surface area contributed by atoms with E-state index in [4.69, 9.17) is 0 Å². The van der Waals surface area contributed by atoms with Crippen molar-refractivity contribution in [2.45, 2.75) is 62.6 Å². The predicted octanol–water partition coefficient (Wildman–Crippen LogP) is 6.92. The van der Waals surface area contributed by atoms with Crippen LogP contribution in [0.25, 0.3) is 11.0 Å². The quantitative estimate of drug-likeness (QED) is 0.244. The first-order valence-electron chi connectivity index (χ1n) is 15.0. The molecule has 2 atom stereocenters. The number of halogens is 6. The van der Waals surface area contributed by atoms with Crippen molar-refractivity contribution in [2.75, 3.05) is 19.6 Å². The Labute approximate surface area is 255 Å². The minimum Gasteiger partial charge on any atom is -0.335 e. The number of carbonyl (C=O) groups is 1. The van der Waals surface area contributed by atoms with Gasteiger partial charge in [0.1, 0.15) is 0 Å². The number of likely N-dealkylation sites (tertiary alicyclic amines) is 2. The van der Waals surface area contributed by atoms with E-state index in [0.29, 0.717) is 31.4 Å². The van der Waals surface area contributed by atoms with E-state index in [1.165, 1.54) is 4.90 Å². The number of hydrogen-bond donors (Lipinski definition) is 1. The first-order valence-corrected chi connectivity index (χ1v) is 15.0. The van der Waals surface area contributed by atoms with Crippen LogP contribution >= 0.6 is 0 Å². The predicted molar refractivity (Wildman–Crippen MR) is 157 cm³/mol. The van der Waals surface area contributed by atoms with Gasteiger partial charge in [-0.05, 0) is 68.0 Å². The van der Waals surface area contributed by atoms with Gasteiger partial charge in [0.25, 0.3) is 5.91 Å². The van der Waals surface area contributed by atoms with Crippen LogP contribution in [0.4, 0.5) is 26.3 Å². The lowest BCUT2D eigenvalue weighted by atomic mass is 9.89. The highest BCUT2D eigenvalue weighted by atomic mass is 19.4. The number of nitrogens with one attached hydrogen (secondary N) is 1. The monoisotopic (exact) mass is 630 g/mol. The number of H-pyrrole nitrogens is 1. The smallest absolute Gasteiger partial charge is 0.335 e. The number of nitrogens with zero attached hydrogens (tertiary/aromatic N) is 3. The van der Waals surface area contributed by atoms with E-state index >= 15 is 0 Å². The van der Waals surface area contributed by atoms with E-state index < -0.39 is 41.0 Å². The second-order valence-electron chi connectivity index (χ2n) is 11.9. The fraction of sp³-hybridized carbons (Fsp3) is 0.394. The van der Waals surface area contributed by atoms with Gasteiger partial charge in [-0.1, -0.05) is 42.5 Å². The first kappa shape index (κ1) is 30.9. The number of aromatic nitrogens is 2. The molecule has 6 rings (SSSR count). The lowest BCUT2D eigenvalue weighted by Gasteiger charge is -2.45. The third-order valence-corrected chi connectivity index (χ3v) is 9.10. The summed E-state index contributed by atoms with van der Waals surface area (Å²) in [6, 6.07) is 17.6. The Morgan fingerprint density at radius 2 is 1.38 bits per heavy atom. The van der Waals surface area contributed by atoms with Gasteiger partial charge in [0.15, 0.2) is 0 Å². The number of hydrogen-bond acceptors (Lipinski definition) is 3. The average Bonchev–Trinajstić information content (AvgIpc) is 3.36. The molecular weight excluding hydrogens is 598 g/mol. The van der Waals surface area contributed by atoms with Gasteiger partial charge in [0.2, 0.25) is 0 Å². The summed E-state index contributed by atoms with van der Waals surface area (Å²) >= 11 is 0. The topological polar surface area (TPSA) is 61.3 Å². The highest BCUT2D eigenvalue weighted by Crippen LogP contribution is 2.38. The van der Waals surface area contributed by atoms with E-state index in [0.717, 1.165) is 42.5 Å². The molecule has 1 amide bonds.